The predicted octanol–water partition coefficient (Wildman–Crippen LogP) is 1.85. The summed E-state index contributed by atoms with van der Waals surface area (Å²) < 4.78 is 22.7. The van der Waals surface area contributed by atoms with Crippen molar-refractivity contribution in [3.63, 3.8) is 0 Å². The van der Waals surface area contributed by atoms with Crippen LogP contribution >= 0.6 is 11.6 Å². The van der Waals surface area contributed by atoms with Crippen LogP contribution in [0.3, 0.4) is 0 Å². The topological polar surface area (TPSA) is 72.0 Å². The Morgan fingerprint density at radius 2 is 1.94 bits per heavy atom. The second-order valence-corrected chi connectivity index (χ2v) is 6.75. The average Bonchev–Trinajstić information content (AvgIpc) is 2.34. The lowest BCUT2D eigenvalue weighted by Crippen LogP contribution is -2.18. The second kappa shape index (κ2) is 6.33. The van der Waals surface area contributed by atoms with Gasteiger partial charge in [-0.05, 0) is 6.92 Å². The van der Waals surface area contributed by atoms with Gasteiger partial charge in [-0.15, -0.1) is 0 Å². The second-order valence-electron chi connectivity index (χ2n) is 3.92. The van der Waals surface area contributed by atoms with E-state index in [1.165, 1.54) is 0 Å². The van der Waals surface area contributed by atoms with Gasteiger partial charge in [0.25, 0.3) is 0 Å². The minimum Gasteiger partial charge on any atom is -0.369 e. The molecule has 1 heterocycles. The van der Waals surface area contributed by atoms with Crippen molar-refractivity contribution in [2.24, 2.45) is 0 Å². The van der Waals surface area contributed by atoms with E-state index in [9.17, 15) is 8.42 Å². The number of rotatable bonds is 6. The summed E-state index contributed by atoms with van der Waals surface area (Å²) in [6.45, 7) is 5.70. The average molecular weight is 292 g/mol. The van der Waals surface area contributed by atoms with Gasteiger partial charge in [0, 0.05) is 24.3 Å². The van der Waals surface area contributed by atoms with Crippen molar-refractivity contribution in [1.29, 1.82) is 0 Å². The fraction of sp³-hybridized carbons (Fsp3) is 0.636. The van der Waals surface area contributed by atoms with Gasteiger partial charge < -0.3 is 5.32 Å². The standard InChI is InChI=1S/C11H18ClN3O2S/c1-4-9-14-10(12)8(3)11(15-9)13-6-7-18(16,17)5-2/h4-7H2,1-3H3,(H,13,14,15). The Labute approximate surface area is 113 Å². The zero-order valence-corrected chi connectivity index (χ0v) is 12.4. The van der Waals surface area contributed by atoms with Gasteiger partial charge >= 0.3 is 0 Å². The molecule has 1 aromatic heterocycles. The van der Waals surface area contributed by atoms with E-state index < -0.39 is 9.84 Å². The molecule has 102 valence electrons. The summed E-state index contributed by atoms with van der Waals surface area (Å²) in [6, 6.07) is 0. The molecule has 0 amide bonds. The summed E-state index contributed by atoms with van der Waals surface area (Å²) in [5.74, 6) is 1.49. The molecule has 0 aromatic carbocycles. The van der Waals surface area contributed by atoms with Crippen LogP contribution in [0.2, 0.25) is 5.15 Å². The van der Waals surface area contributed by atoms with Crippen molar-refractivity contribution < 1.29 is 8.42 Å². The molecule has 0 bridgehead atoms. The summed E-state index contributed by atoms with van der Waals surface area (Å²) >= 11 is 5.98. The van der Waals surface area contributed by atoms with Crippen LogP contribution in [0.5, 0.6) is 0 Å². The molecule has 0 atom stereocenters. The third-order valence-corrected chi connectivity index (χ3v) is 4.67. The summed E-state index contributed by atoms with van der Waals surface area (Å²) in [6.07, 6.45) is 0.682. The Morgan fingerprint density at radius 1 is 1.28 bits per heavy atom. The first-order valence-corrected chi connectivity index (χ1v) is 8.06. The maximum atomic E-state index is 11.4. The van der Waals surface area contributed by atoms with E-state index in [0.717, 1.165) is 5.56 Å². The van der Waals surface area contributed by atoms with Crippen molar-refractivity contribution in [2.45, 2.75) is 27.2 Å². The van der Waals surface area contributed by atoms with Crippen molar-refractivity contribution in [1.82, 2.24) is 9.97 Å². The molecule has 0 aliphatic heterocycles. The first kappa shape index (κ1) is 15.2. The maximum absolute atomic E-state index is 11.4. The number of hydrogen-bond donors (Lipinski definition) is 1. The molecule has 1 rings (SSSR count). The van der Waals surface area contributed by atoms with Gasteiger partial charge in [0.05, 0.1) is 5.75 Å². The Morgan fingerprint density at radius 3 is 2.50 bits per heavy atom. The van der Waals surface area contributed by atoms with Crippen LogP contribution in [0.25, 0.3) is 0 Å². The lowest BCUT2D eigenvalue weighted by atomic mass is 10.3. The zero-order chi connectivity index (χ0) is 13.8. The van der Waals surface area contributed by atoms with Gasteiger partial charge in [-0.1, -0.05) is 25.4 Å². The molecule has 7 heteroatoms. The molecular weight excluding hydrogens is 274 g/mol. The van der Waals surface area contributed by atoms with Crippen LogP contribution in [-0.4, -0.2) is 36.4 Å². The van der Waals surface area contributed by atoms with Gasteiger partial charge in [-0.3, -0.25) is 0 Å². The van der Waals surface area contributed by atoms with Crippen LogP contribution in [-0.2, 0) is 16.3 Å². The van der Waals surface area contributed by atoms with E-state index in [-0.39, 0.29) is 11.5 Å². The predicted molar refractivity (Wildman–Crippen MR) is 74.0 cm³/mol. The molecule has 1 aromatic rings. The molecule has 0 aliphatic carbocycles. The van der Waals surface area contributed by atoms with E-state index in [1.54, 1.807) is 13.8 Å². The number of aromatic nitrogens is 2. The van der Waals surface area contributed by atoms with Gasteiger partial charge in [-0.2, -0.15) is 0 Å². The minimum absolute atomic E-state index is 0.0893. The lowest BCUT2D eigenvalue weighted by molar-refractivity contribution is 0.597. The molecule has 0 saturated heterocycles. The highest BCUT2D eigenvalue weighted by molar-refractivity contribution is 7.91. The highest BCUT2D eigenvalue weighted by atomic mass is 35.5. The number of halogens is 1. The van der Waals surface area contributed by atoms with Gasteiger partial charge in [0.2, 0.25) is 0 Å². The number of anilines is 1. The summed E-state index contributed by atoms with van der Waals surface area (Å²) in [4.78, 5) is 8.42. The molecule has 0 spiro atoms. The minimum atomic E-state index is -2.97. The van der Waals surface area contributed by atoms with Gasteiger partial charge in [-0.25, -0.2) is 18.4 Å². The highest BCUT2D eigenvalue weighted by Crippen LogP contribution is 2.19. The Balaban J connectivity index is 2.76. The third-order valence-electron chi connectivity index (χ3n) is 2.59. The van der Waals surface area contributed by atoms with Crippen molar-refractivity contribution in [3.8, 4) is 0 Å². The zero-order valence-electron chi connectivity index (χ0n) is 10.8. The summed E-state index contributed by atoms with van der Waals surface area (Å²) in [5, 5.41) is 3.41. The van der Waals surface area contributed by atoms with Crippen molar-refractivity contribution in [3.05, 3.63) is 16.5 Å². The Hall–Kier alpha value is -0.880. The highest BCUT2D eigenvalue weighted by Gasteiger charge is 2.10. The molecule has 0 aliphatic rings. The lowest BCUT2D eigenvalue weighted by Gasteiger charge is -2.10. The van der Waals surface area contributed by atoms with Crippen LogP contribution in [0.1, 0.15) is 25.2 Å². The van der Waals surface area contributed by atoms with Gasteiger partial charge in [0.15, 0.2) is 9.84 Å². The molecule has 0 radical (unpaired) electrons. The first-order chi connectivity index (χ1) is 8.39. The van der Waals surface area contributed by atoms with Crippen LogP contribution in [0, 0.1) is 6.92 Å². The number of hydrogen-bond acceptors (Lipinski definition) is 5. The Bertz CT molecular complexity index is 517. The number of nitrogens with one attached hydrogen (secondary N) is 1. The molecule has 0 unspecified atom stereocenters. The van der Waals surface area contributed by atoms with E-state index in [4.69, 9.17) is 11.6 Å². The summed E-state index contributed by atoms with van der Waals surface area (Å²) in [5.41, 5.74) is 0.739. The smallest absolute Gasteiger partial charge is 0.151 e. The summed E-state index contributed by atoms with van der Waals surface area (Å²) in [7, 11) is -2.97. The fourth-order valence-corrected chi connectivity index (χ4v) is 2.22. The molecule has 1 N–H and O–H groups in total. The molecular formula is C11H18ClN3O2S. The SMILES string of the molecule is CCc1nc(Cl)c(C)c(NCCS(=O)(=O)CC)n1. The molecule has 0 saturated carbocycles. The van der Waals surface area contributed by atoms with E-state index in [1.807, 2.05) is 6.92 Å². The largest absolute Gasteiger partial charge is 0.369 e. The van der Waals surface area contributed by atoms with Crippen LogP contribution < -0.4 is 5.32 Å². The molecule has 5 nitrogen and oxygen atoms in total. The number of nitrogens with zero attached hydrogens (tertiary/aromatic N) is 2. The fourth-order valence-electron chi connectivity index (χ4n) is 1.33. The van der Waals surface area contributed by atoms with Crippen LogP contribution in [0.4, 0.5) is 5.82 Å². The quantitative estimate of drug-likeness (QED) is 0.810. The molecule has 0 fully saturated rings. The first-order valence-electron chi connectivity index (χ1n) is 5.87. The van der Waals surface area contributed by atoms with Crippen molar-refractivity contribution in [2.75, 3.05) is 23.4 Å². The van der Waals surface area contributed by atoms with E-state index >= 15 is 0 Å². The van der Waals surface area contributed by atoms with E-state index in [0.29, 0.717) is 29.8 Å². The Kier molecular flexibility index (Phi) is 5.34. The normalized spacial score (nSPS) is 11.6. The van der Waals surface area contributed by atoms with E-state index in [2.05, 4.69) is 15.3 Å². The number of sulfone groups is 1. The molecule has 18 heavy (non-hydrogen) atoms. The number of aryl methyl sites for hydroxylation is 1. The maximum Gasteiger partial charge on any atom is 0.151 e. The van der Waals surface area contributed by atoms with Gasteiger partial charge in [0.1, 0.15) is 16.8 Å². The monoisotopic (exact) mass is 291 g/mol. The van der Waals surface area contributed by atoms with Crippen molar-refractivity contribution >= 4 is 27.3 Å². The third kappa shape index (κ3) is 4.10. The van der Waals surface area contributed by atoms with Crippen LogP contribution in [0.15, 0.2) is 0 Å².